The summed E-state index contributed by atoms with van der Waals surface area (Å²) < 4.78 is 32.1. The average molecular weight is 447 g/mol. The summed E-state index contributed by atoms with van der Waals surface area (Å²) in [6.45, 7) is 7.48. The van der Waals surface area contributed by atoms with Crippen LogP contribution in [0.25, 0.3) is 0 Å². The van der Waals surface area contributed by atoms with Crippen LogP contribution < -0.4 is 10.7 Å². The summed E-state index contributed by atoms with van der Waals surface area (Å²) in [6.07, 6.45) is 0. The molecule has 1 aliphatic heterocycles. The third-order valence-corrected chi connectivity index (χ3v) is 6.94. The maximum absolute atomic E-state index is 12.7. The molecule has 0 bridgehead atoms. The van der Waals surface area contributed by atoms with Crippen LogP contribution in [0.4, 0.5) is 5.69 Å². The SMILES string of the molecule is C/C(=N\NC(=S)Nc1ccc(C)cc1C)c1ccc(S(=O)(=O)N2CCOCC2)cc1. The number of hydrazone groups is 1. The third-order valence-electron chi connectivity index (χ3n) is 4.84. The van der Waals surface area contributed by atoms with Gasteiger partial charge >= 0.3 is 0 Å². The van der Waals surface area contributed by atoms with Crippen LogP contribution in [0.3, 0.4) is 0 Å². The fourth-order valence-electron chi connectivity index (χ4n) is 3.11. The normalized spacial score (nSPS) is 15.6. The molecule has 2 aromatic carbocycles. The zero-order chi connectivity index (χ0) is 21.7. The van der Waals surface area contributed by atoms with Gasteiger partial charge in [0.05, 0.1) is 23.8 Å². The largest absolute Gasteiger partial charge is 0.379 e. The molecular weight excluding hydrogens is 420 g/mol. The topological polar surface area (TPSA) is 83.0 Å². The Morgan fingerprint density at radius 1 is 1.10 bits per heavy atom. The molecule has 1 saturated heterocycles. The summed E-state index contributed by atoms with van der Waals surface area (Å²) in [5.74, 6) is 0. The molecule has 0 atom stereocenters. The summed E-state index contributed by atoms with van der Waals surface area (Å²) in [6, 6.07) is 12.8. The Kier molecular flexibility index (Phi) is 7.19. The van der Waals surface area contributed by atoms with Gasteiger partial charge in [-0.2, -0.15) is 9.41 Å². The second-order valence-corrected chi connectivity index (χ2v) is 9.47. The van der Waals surface area contributed by atoms with Gasteiger partial charge in [0.2, 0.25) is 10.0 Å². The van der Waals surface area contributed by atoms with E-state index >= 15 is 0 Å². The predicted octanol–water partition coefficient (Wildman–Crippen LogP) is 3.03. The first-order valence-electron chi connectivity index (χ1n) is 9.64. The number of thiocarbonyl (C=S) groups is 1. The van der Waals surface area contributed by atoms with Crippen LogP contribution in [-0.2, 0) is 14.8 Å². The molecule has 3 rings (SSSR count). The van der Waals surface area contributed by atoms with Crippen molar-refractivity contribution in [3.05, 3.63) is 59.2 Å². The Hall–Kier alpha value is -2.33. The first-order valence-corrected chi connectivity index (χ1v) is 11.5. The van der Waals surface area contributed by atoms with Crippen molar-refractivity contribution in [1.82, 2.24) is 9.73 Å². The summed E-state index contributed by atoms with van der Waals surface area (Å²) >= 11 is 5.31. The van der Waals surface area contributed by atoms with Gasteiger partial charge in [-0.25, -0.2) is 8.42 Å². The standard InChI is InChI=1S/C21H26N4O3S2/c1-15-4-9-20(16(2)14-15)22-21(29)24-23-17(3)18-5-7-19(8-6-18)30(26,27)25-10-12-28-13-11-25/h4-9,14H,10-13H2,1-3H3,(H2,22,24,29)/b23-17+. The Morgan fingerprint density at radius 3 is 2.40 bits per heavy atom. The highest BCUT2D eigenvalue weighted by Gasteiger charge is 2.26. The van der Waals surface area contributed by atoms with Crippen molar-refractivity contribution in [3.8, 4) is 0 Å². The van der Waals surface area contributed by atoms with Crippen molar-refractivity contribution >= 4 is 38.8 Å². The Balaban J connectivity index is 1.64. The molecule has 2 aromatic rings. The van der Waals surface area contributed by atoms with Crippen LogP contribution in [0, 0.1) is 13.8 Å². The van der Waals surface area contributed by atoms with Gasteiger partial charge in [0.15, 0.2) is 5.11 Å². The number of hydrogen-bond acceptors (Lipinski definition) is 5. The highest BCUT2D eigenvalue weighted by atomic mass is 32.2. The van der Waals surface area contributed by atoms with Crippen molar-refractivity contribution in [2.45, 2.75) is 25.7 Å². The lowest BCUT2D eigenvalue weighted by molar-refractivity contribution is 0.0730. The molecule has 0 amide bonds. The van der Waals surface area contributed by atoms with E-state index in [-0.39, 0.29) is 4.90 Å². The van der Waals surface area contributed by atoms with Gasteiger partial charge in [0.25, 0.3) is 0 Å². The molecule has 0 unspecified atom stereocenters. The first-order chi connectivity index (χ1) is 14.3. The molecule has 0 saturated carbocycles. The number of hydrogen-bond donors (Lipinski definition) is 2. The molecule has 7 nitrogen and oxygen atoms in total. The lowest BCUT2D eigenvalue weighted by Crippen LogP contribution is -2.40. The smallest absolute Gasteiger partial charge is 0.243 e. The van der Waals surface area contributed by atoms with E-state index in [2.05, 4.69) is 21.9 Å². The molecule has 0 radical (unpaired) electrons. The number of aryl methyl sites for hydroxylation is 2. The number of morpholine rings is 1. The molecular formula is C21H26N4O3S2. The zero-order valence-electron chi connectivity index (χ0n) is 17.3. The minimum atomic E-state index is -3.50. The van der Waals surface area contributed by atoms with Gasteiger partial charge in [-0.15, -0.1) is 0 Å². The van der Waals surface area contributed by atoms with Crippen LogP contribution in [0.2, 0.25) is 0 Å². The summed E-state index contributed by atoms with van der Waals surface area (Å²) in [5, 5.41) is 7.82. The fraction of sp³-hybridized carbons (Fsp3) is 0.333. The lowest BCUT2D eigenvalue weighted by Gasteiger charge is -2.26. The van der Waals surface area contributed by atoms with Gasteiger partial charge in [-0.1, -0.05) is 29.8 Å². The summed E-state index contributed by atoms with van der Waals surface area (Å²) in [5.41, 5.74) is 7.53. The van der Waals surface area contributed by atoms with E-state index < -0.39 is 10.0 Å². The molecule has 1 aliphatic rings. The second-order valence-electron chi connectivity index (χ2n) is 7.12. The quantitative estimate of drug-likeness (QED) is 0.417. The Bertz CT molecular complexity index is 1040. The minimum Gasteiger partial charge on any atom is -0.379 e. The number of sulfonamides is 1. The number of nitrogens with zero attached hydrogens (tertiary/aromatic N) is 2. The molecule has 1 heterocycles. The molecule has 0 spiro atoms. The molecule has 0 aliphatic carbocycles. The maximum atomic E-state index is 12.7. The van der Waals surface area contributed by atoms with Crippen molar-refractivity contribution in [2.24, 2.45) is 5.10 Å². The van der Waals surface area contributed by atoms with E-state index in [1.54, 1.807) is 24.3 Å². The van der Waals surface area contributed by atoms with Crippen LogP contribution in [0.5, 0.6) is 0 Å². The average Bonchev–Trinajstić information content (AvgIpc) is 2.75. The van der Waals surface area contributed by atoms with E-state index in [1.807, 2.05) is 32.9 Å². The minimum absolute atomic E-state index is 0.265. The van der Waals surface area contributed by atoms with Crippen molar-refractivity contribution in [1.29, 1.82) is 0 Å². The second kappa shape index (κ2) is 9.65. The molecule has 9 heteroatoms. The highest BCUT2D eigenvalue weighted by Crippen LogP contribution is 2.18. The molecule has 1 fully saturated rings. The number of ether oxygens (including phenoxy) is 1. The summed E-state index contributed by atoms with van der Waals surface area (Å²) in [7, 11) is -3.50. The van der Waals surface area contributed by atoms with E-state index in [0.29, 0.717) is 37.1 Å². The Labute approximate surface area is 183 Å². The molecule has 160 valence electrons. The number of anilines is 1. The van der Waals surface area contributed by atoms with Crippen LogP contribution in [-0.4, -0.2) is 49.9 Å². The van der Waals surface area contributed by atoms with Crippen molar-refractivity contribution in [3.63, 3.8) is 0 Å². The van der Waals surface area contributed by atoms with Gasteiger partial charge in [0.1, 0.15) is 0 Å². The van der Waals surface area contributed by atoms with E-state index in [1.165, 1.54) is 9.87 Å². The summed E-state index contributed by atoms with van der Waals surface area (Å²) in [4.78, 5) is 0.265. The van der Waals surface area contributed by atoms with Crippen molar-refractivity contribution in [2.75, 3.05) is 31.6 Å². The number of rotatable bonds is 5. The predicted molar refractivity (Wildman–Crippen MR) is 124 cm³/mol. The van der Waals surface area contributed by atoms with Gasteiger partial charge in [-0.05, 0) is 62.3 Å². The van der Waals surface area contributed by atoms with Gasteiger partial charge in [-0.3, -0.25) is 5.43 Å². The van der Waals surface area contributed by atoms with E-state index in [0.717, 1.165) is 16.8 Å². The zero-order valence-corrected chi connectivity index (χ0v) is 18.9. The van der Waals surface area contributed by atoms with Gasteiger partial charge < -0.3 is 10.1 Å². The van der Waals surface area contributed by atoms with Crippen molar-refractivity contribution < 1.29 is 13.2 Å². The fourth-order valence-corrected chi connectivity index (χ4v) is 4.67. The van der Waals surface area contributed by atoms with Crippen LogP contribution in [0.1, 0.15) is 23.6 Å². The maximum Gasteiger partial charge on any atom is 0.243 e. The highest BCUT2D eigenvalue weighted by molar-refractivity contribution is 7.89. The molecule has 30 heavy (non-hydrogen) atoms. The van der Waals surface area contributed by atoms with Crippen LogP contribution >= 0.6 is 12.2 Å². The van der Waals surface area contributed by atoms with E-state index in [4.69, 9.17) is 17.0 Å². The lowest BCUT2D eigenvalue weighted by atomic mass is 10.1. The van der Waals surface area contributed by atoms with E-state index in [9.17, 15) is 8.42 Å². The van der Waals surface area contributed by atoms with Gasteiger partial charge in [0, 0.05) is 18.8 Å². The first kappa shape index (κ1) is 22.4. The molecule has 2 N–H and O–H groups in total. The Morgan fingerprint density at radius 2 is 1.77 bits per heavy atom. The number of nitrogens with one attached hydrogen (secondary N) is 2. The monoisotopic (exact) mass is 446 g/mol. The van der Waals surface area contributed by atoms with Crippen LogP contribution in [0.15, 0.2) is 52.5 Å². The third kappa shape index (κ3) is 5.42. The number of benzene rings is 2. The molecule has 0 aromatic heterocycles.